The fraction of sp³-hybridized carbons (Fsp3) is 0. The van der Waals surface area contributed by atoms with Crippen molar-refractivity contribution in [3.8, 4) is 44.5 Å². The van der Waals surface area contributed by atoms with Gasteiger partial charge in [-0.3, -0.25) is 13.8 Å². The number of para-hydroxylation sites is 8. The van der Waals surface area contributed by atoms with E-state index in [1.165, 1.54) is 0 Å². The quantitative estimate of drug-likeness (QED) is 0.0875. The molecule has 0 bridgehead atoms. The lowest BCUT2D eigenvalue weighted by Gasteiger charge is -2.35. The Hall–Kier alpha value is -13.5. The van der Waals surface area contributed by atoms with Gasteiger partial charge in [0, 0.05) is 95.4 Å². The average Bonchev–Trinajstić information content (AvgIpc) is 0.735. The van der Waals surface area contributed by atoms with Crippen LogP contribution in [0.2, 0.25) is 0 Å². The summed E-state index contributed by atoms with van der Waals surface area (Å²) in [6, 6.07) is 129. The fourth-order valence-corrected chi connectivity index (χ4v) is 21.1. The zero-order chi connectivity index (χ0) is 75.6. The molecule has 0 spiro atoms. The Morgan fingerprint density at radius 2 is 0.500 bits per heavy atom. The highest BCUT2D eigenvalue weighted by atomic mass is 32.2. The van der Waals surface area contributed by atoms with Crippen LogP contribution in [0.25, 0.3) is 84.9 Å². The van der Waals surface area contributed by atoms with E-state index in [9.17, 15) is 22.2 Å². The minimum atomic E-state index is -3.66. The second kappa shape index (κ2) is 28.5. The van der Waals surface area contributed by atoms with Crippen LogP contribution in [0, 0.1) is 0 Å². The molecule has 536 valence electrons. The van der Waals surface area contributed by atoms with Crippen LogP contribution in [-0.2, 0) is 19.4 Å². The van der Waals surface area contributed by atoms with E-state index in [2.05, 4.69) is 221 Å². The number of nitrogens with zero attached hydrogens (tertiary/aromatic N) is 4. The molecule has 0 N–H and O–H groups in total. The first-order valence-corrected chi connectivity index (χ1v) is 41.5. The molecule has 9 nitrogen and oxygen atoms in total. The third-order valence-electron chi connectivity index (χ3n) is 20.9. The third kappa shape index (κ3) is 12.4. The highest BCUT2D eigenvalue weighted by Crippen LogP contribution is 2.51. The monoisotopic (exact) mass is 1520 g/mol. The van der Waals surface area contributed by atoms with Crippen LogP contribution in [-0.4, -0.2) is 18.5 Å². The maximum Gasteiger partial charge on any atom is 0.210 e. The van der Waals surface area contributed by atoms with Crippen LogP contribution in [0.1, 0.15) is 0 Å². The van der Waals surface area contributed by atoms with Gasteiger partial charge in [0.15, 0.2) is 10.9 Å². The molecule has 0 saturated carbocycles. The van der Waals surface area contributed by atoms with E-state index in [1.54, 1.807) is 46.9 Å². The number of anilines is 12. The molecule has 0 fully saturated rings. The lowest BCUT2D eigenvalue weighted by molar-refractivity contribution is 0.595. The van der Waals surface area contributed by atoms with Crippen molar-refractivity contribution in [2.24, 2.45) is 0 Å². The van der Waals surface area contributed by atoms with E-state index in [4.69, 9.17) is 0 Å². The van der Waals surface area contributed by atoms with Gasteiger partial charge in [-0.25, -0.2) is 8.42 Å². The van der Waals surface area contributed by atoms with Gasteiger partial charge in [-0.05, 0) is 245 Å². The van der Waals surface area contributed by atoms with Gasteiger partial charge in [0.25, 0.3) is 0 Å². The number of hydrogen-bond donors (Lipinski definition) is 0. The minimum absolute atomic E-state index is 0.0127. The van der Waals surface area contributed by atoms with Gasteiger partial charge in [-0.15, -0.1) is 22.7 Å². The van der Waals surface area contributed by atoms with E-state index >= 15 is 0 Å². The summed E-state index contributed by atoms with van der Waals surface area (Å²) in [6.07, 6.45) is 0. The molecular weight excluding hydrogens is 1450 g/mol. The predicted octanol–water partition coefficient (Wildman–Crippen LogP) is 26.0. The molecule has 20 rings (SSSR count). The lowest BCUT2D eigenvalue weighted by atomic mass is 10.0. The molecule has 0 unspecified atom stereocenters. The Balaban J connectivity index is 0.000000152. The SMILES string of the molecule is C=S1(=O)c2ccccc2N(c2ccc(-c3ccc4c(=O)c5cc(-c6ccc(N7c8ccccc8S(=O)(=O)c8ccccc87)cc6)ccc5sc4c3)cc2)c2ccccc21.O=c1c2ccc(-c3ccc(N(c4ccccc4)c4ccccc4)cc3)cc2sc2ccc(-c3ccc(N(c4ccccc4)c4ccccc4)cc3)cc12. The van der Waals surface area contributed by atoms with E-state index in [1.807, 2.05) is 169 Å². The summed E-state index contributed by atoms with van der Waals surface area (Å²) in [7, 11) is -6.32. The van der Waals surface area contributed by atoms with Crippen molar-refractivity contribution in [3.05, 3.63) is 409 Å². The summed E-state index contributed by atoms with van der Waals surface area (Å²) < 4.78 is 44.7. The summed E-state index contributed by atoms with van der Waals surface area (Å²) in [6.45, 7) is 0. The van der Waals surface area contributed by atoms with Crippen molar-refractivity contribution < 1.29 is 12.6 Å². The Labute approximate surface area is 656 Å². The summed E-state index contributed by atoms with van der Waals surface area (Å²) >= 11 is 3.27. The number of sulfone groups is 1. The van der Waals surface area contributed by atoms with Crippen LogP contribution in [0.3, 0.4) is 0 Å². The fourth-order valence-electron chi connectivity index (χ4n) is 15.5. The van der Waals surface area contributed by atoms with E-state index in [-0.39, 0.29) is 20.6 Å². The molecule has 16 aromatic carbocycles. The number of hydrogen-bond acceptors (Lipinski definition) is 11. The van der Waals surface area contributed by atoms with E-state index in [0.717, 1.165) is 141 Å². The molecule has 13 heteroatoms. The first-order chi connectivity index (χ1) is 54.9. The van der Waals surface area contributed by atoms with Crippen molar-refractivity contribution in [1.82, 2.24) is 0 Å². The molecule has 0 aliphatic carbocycles. The first-order valence-electron chi connectivity index (χ1n) is 36.7. The van der Waals surface area contributed by atoms with Crippen LogP contribution in [0.4, 0.5) is 68.2 Å². The number of benzene rings is 16. The van der Waals surface area contributed by atoms with E-state index in [0.29, 0.717) is 22.1 Å². The van der Waals surface area contributed by atoms with Crippen LogP contribution >= 0.6 is 22.7 Å². The van der Waals surface area contributed by atoms with Gasteiger partial charge in [-0.2, -0.15) is 0 Å². The molecule has 2 aromatic heterocycles. The molecule has 4 heterocycles. The van der Waals surface area contributed by atoms with Crippen LogP contribution in [0.5, 0.6) is 0 Å². The van der Waals surface area contributed by atoms with E-state index < -0.39 is 19.4 Å². The Bertz CT molecular complexity index is 6890. The molecule has 18 aromatic rings. The van der Waals surface area contributed by atoms with Crippen LogP contribution < -0.4 is 30.5 Å². The minimum Gasteiger partial charge on any atom is -0.311 e. The summed E-state index contributed by atoms with van der Waals surface area (Å²) in [5.41, 5.74) is 19.5. The van der Waals surface area contributed by atoms with Crippen molar-refractivity contribution >= 4 is 156 Å². The zero-order valence-electron chi connectivity index (χ0n) is 60.1. The van der Waals surface area contributed by atoms with Crippen LogP contribution in [0.15, 0.2) is 417 Å². The zero-order valence-corrected chi connectivity index (χ0v) is 63.4. The second-order valence-electron chi connectivity index (χ2n) is 27.6. The summed E-state index contributed by atoms with van der Waals surface area (Å²) in [5, 5.41) is 2.83. The van der Waals surface area contributed by atoms with Crippen molar-refractivity contribution in [2.75, 3.05) is 19.6 Å². The maximum atomic E-state index is 14.1. The van der Waals surface area contributed by atoms with Gasteiger partial charge in [0.2, 0.25) is 9.84 Å². The molecule has 112 heavy (non-hydrogen) atoms. The average molecular weight is 1520 g/mol. The topological polar surface area (TPSA) is 98.3 Å². The third-order valence-corrected chi connectivity index (χ3v) is 27.2. The molecule has 2 aliphatic rings. The Morgan fingerprint density at radius 1 is 0.241 bits per heavy atom. The molecule has 0 radical (unpaired) electrons. The molecule has 0 saturated heterocycles. The van der Waals surface area contributed by atoms with Crippen molar-refractivity contribution in [1.29, 1.82) is 0 Å². The van der Waals surface area contributed by atoms with Gasteiger partial charge in [0.05, 0.1) is 42.3 Å². The van der Waals surface area contributed by atoms with Crippen molar-refractivity contribution in [3.63, 3.8) is 0 Å². The second-order valence-corrected chi connectivity index (χ2v) is 33.9. The molecule has 2 aliphatic heterocycles. The first kappa shape index (κ1) is 69.0. The highest BCUT2D eigenvalue weighted by molar-refractivity contribution is 8.00. The molecule has 0 amide bonds. The van der Waals surface area contributed by atoms with Gasteiger partial charge < -0.3 is 19.6 Å². The highest BCUT2D eigenvalue weighted by Gasteiger charge is 2.35. The molecular formula is C99H66N4O5S4. The lowest BCUT2D eigenvalue weighted by Crippen LogP contribution is -2.21. The van der Waals surface area contributed by atoms with Gasteiger partial charge in [-0.1, -0.05) is 194 Å². The maximum absolute atomic E-state index is 14.1. The smallest absolute Gasteiger partial charge is 0.210 e. The standard InChI is InChI=1S/C50H32N2O4S3.C49H34N2OS/c1-58(54)46-14-6-2-10-40(46)51(41-11-3-7-15-47(41)58)36-26-20-33(21-27-36)35-22-28-38-45(31-35)57-44-29-23-34(30-39(44)50(38)53)32-18-24-37(25-19-32)52-42-12-4-8-16-48(42)59(55,56)49-17-9-5-13-43(49)52;52-49-45-31-25-38(36-23-29-44(30-24-36)51(41-17-9-3-10-18-41)42-19-11-4-12-20-42)34-48(45)53-47-32-26-37(33-46(47)49)35-21-27-43(28-22-35)50(39-13-5-1-6-14-39)40-15-7-2-8-16-40/h2-31H,1H2;1-34H. The van der Waals surface area contributed by atoms with Gasteiger partial charge >= 0.3 is 0 Å². The van der Waals surface area contributed by atoms with Crippen molar-refractivity contribution in [2.45, 2.75) is 19.6 Å². The normalized spacial score (nSPS) is 13.0. The summed E-state index contributed by atoms with van der Waals surface area (Å²) in [5.74, 6) is 4.16. The predicted molar refractivity (Wildman–Crippen MR) is 469 cm³/mol. The number of rotatable bonds is 12. The number of fused-ring (bicyclic) bond motifs is 8. The largest absolute Gasteiger partial charge is 0.311 e. The Morgan fingerprint density at radius 3 is 0.839 bits per heavy atom. The molecule has 0 atom stereocenters. The summed E-state index contributed by atoms with van der Waals surface area (Å²) in [4.78, 5) is 38.6. The Kier molecular flexibility index (Phi) is 17.5. The van der Waals surface area contributed by atoms with Gasteiger partial charge in [0.1, 0.15) is 0 Å².